The predicted octanol–water partition coefficient (Wildman–Crippen LogP) is 4.83. The predicted molar refractivity (Wildman–Crippen MR) is 136 cm³/mol. The van der Waals surface area contributed by atoms with E-state index in [0.29, 0.717) is 25.4 Å². The topological polar surface area (TPSA) is 105 Å². The highest BCUT2D eigenvalue weighted by Crippen LogP contribution is 2.20. The van der Waals surface area contributed by atoms with Crippen LogP contribution in [0.3, 0.4) is 0 Å². The number of carbonyl (C=O) groups is 1. The summed E-state index contributed by atoms with van der Waals surface area (Å²) in [5.74, 6) is 0.322. The Morgan fingerprint density at radius 1 is 0.943 bits per heavy atom. The van der Waals surface area contributed by atoms with Crippen molar-refractivity contribution in [2.45, 2.75) is 52.9 Å². The second-order valence-corrected chi connectivity index (χ2v) is 11.6. The quantitative estimate of drug-likeness (QED) is 0.429. The number of amides is 1. The van der Waals surface area contributed by atoms with Crippen LogP contribution in [0.4, 0.5) is 6.01 Å². The van der Waals surface area contributed by atoms with Crippen LogP contribution in [0.2, 0.25) is 0 Å². The number of sulfonamides is 1. The molecule has 1 N–H and O–H groups in total. The monoisotopic (exact) mass is 498 g/mol. The van der Waals surface area contributed by atoms with Crippen molar-refractivity contribution in [2.75, 3.05) is 18.4 Å². The van der Waals surface area contributed by atoms with E-state index in [1.165, 1.54) is 39.7 Å². The number of aromatic nitrogens is 2. The number of aryl methyl sites for hydroxylation is 2. The average Bonchev–Trinajstić information content (AvgIpc) is 3.22. The van der Waals surface area contributed by atoms with Gasteiger partial charge in [0.25, 0.3) is 5.91 Å². The van der Waals surface area contributed by atoms with E-state index in [1.54, 1.807) is 0 Å². The molecule has 0 aliphatic carbocycles. The molecule has 9 heteroatoms. The van der Waals surface area contributed by atoms with Gasteiger partial charge in [-0.3, -0.25) is 10.1 Å². The third-order valence-corrected chi connectivity index (χ3v) is 7.35. The number of hydrogen-bond acceptors (Lipinski definition) is 6. The van der Waals surface area contributed by atoms with Gasteiger partial charge in [0.2, 0.25) is 15.9 Å². The van der Waals surface area contributed by atoms with Crippen LogP contribution < -0.4 is 5.32 Å². The minimum absolute atomic E-state index is 0.00873. The van der Waals surface area contributed by atoms with Gasteiger partial charge in [-0.1, -0.05) is 51.0 Å². The summed E-state index contributed by atoms with van der Waals surface area (Å²) in [4.78, 5) is 12.8. The van der Waals surface area contributed by atoms with E-state index in [0.717, 1.165) is 5.56 Å². The molecule has 0 unspecified atom stereocenters. The SMILES string of the molecule is Cc1ccc(Cc2nnc(NC(=O)c3ccc(S(=O)(=O)N(CC(C)C)CC(C)C)cc3)o2)cc1C. The lowest BCUT2D eigenvalue weighted by Gasteiger charge is -2.25. The molecular formula is C26H34N4O4S. The highest BCUT2D eigenvalue weighted by molar-refractivity contribution is 7.89. The minimum Gasteiger partial charge on any atom is -0.407 e. The second kappa shape index (κ2) is 11.1. The van der Waals surface area contributed by atoms with E-state index in [4.69, 9.17) is 4.42 Å². The molecule has 0 aliphatic heterocycles. The van der Waals surface area contributed by atoms with Crippen LogP contribution in [0.1, 0.15) is 60.6 Å². The van der Waals surface area contributed by atoms with Crippen LogP contribution in [0, 0.1) is 25.7 Å². The van der Waals surface area contributed by atoms with Gasteiger partial charge in [0.05, 0.1) is 11.3 Å². The molecule has 188 valence electrons. The first-order valence-electron chi connectivity index (χ1n) is 11.8. The van der Waals surface area contributed by atoms with Crippen molar-refractivity contribution in [3.05, 3.63) is 70.6 Å². The van der Waals surface area contributed by atoms with E-state index in [9.17, 15) is 13.2 Å². The Morgan fingerprint density at radius 2 is 1.57 bits per heavy atom. The fourth-order valence-electron chi connectivity index (χ4n) is 3.65. The lowest BCUT2D eigenvalue weighted by Crippen LogP contribution is -2.37. The van der Waals surface area contributed by atoms with Gasteiger partial charge in [0.15, 0.2) is 0 Å². The molecule has 0 saturated carbocycles. The second-order valence-electron chi connectivity index (χ2n) is 9.68. The largest absolute Gasteiger partial charge is 0.407 e. The molecule has 8 nitrogen and oxygen atoms in total. The Bertz CT molecular complexity index is 1250. The molecule has 0 atom stereocenters. The number of benzene rings is 2. The van der Waals surface area contributed by atoms with Gasteiger partial charge in [-0.2, -0.15) is 4.31 Å². The third kappa shape index (κ3) is 6.99. The van der Waals surface area contributed by atoms with Crippen LogP contribution in [0.25, 0.3) is 0 Å². The summed E-state index contributed by atoms with van der Waals surface area (Å²) >= 11 is 0. The van der Waals surface area contributed by atoms with E-state index in [1.807, 2.05) is 46.8 Å². The van der Waals surface area contributed by atoms with Crippen LogP contribution in [0.5, 0.6) is 0 Å². The summed E-state index contributed by atoms with van der Waals surface area (Å²) in [6.07, 6.45) is 0.458. The smallest absolute Gasteiger partial charge is 0.322 e. The Hall–Kier alpha value is -3.04. The van der Waals surface area contributed by atoms with Gasteiger partial charge in [-0.15, -0.1) is 5.10 Å². The van der Waals surface area contributed by atoms with Gasteiger partial charge >= 0.3 is 6.01 Å². The molecule has 0 fully saturated rings. The normalized spacial score (nSPS) is 12.0. The van der Waals surface area contributed by atoms with E-state index in [2.05, 4.69) is 28.5 Å². The Balaban J connectivity index is 1.68. The van der Waals surface area contributed by atoms with E-state index in [-0.39, 0.29) is 28.3 Å². The van der Waals surface area contributed by atoms with Gasteiger partial charge in [0.1, 0.15) is 0 Å². The maximum atomic E-state index is 13.2. The van der Waals surface area contributed by atoms with Crippen LogP contribution in [-0.2, 0) is 16.4 Å². The van der Waals surface area contributed by atoms with Crippen molar-refractivity contribution < 1.29 is 17.6 Å². The van der Waals surface area contributed by atoms with Gasteiger partial charge < -0.3 is 4.42 Å². The maximum Gasteiger partial charge on any atom is 0.322 e. The zero-order chi connectivity index (χ0) is 25.8. The zero-order valence-electron chi connectivity index (χ0n) is 21.2. The fourth-order valence-corrected chi connectivity index (χ4v) is 5.41. The number of rotatable bonds is 10. The molecule has 3 rings (SSSR count). The zero-order valence-corrected chi connectivity index (χ0v) is 22.0. The van der Waals surface area contributed by atoms with E-state index >= 15 is 0 Å². The van der Waals surface area contributed by atoms with Crippen LogP contribution in [-0.4, -0.2) is 41.9 Å². The molecule has 35 heavy (non-hydrogen) atoms. The van der Waals surface area contributed by atoms with Gasteiger partial charge in [0, 0.05) is 18.7 Å². The molecule has 1 amide bonds. The number of hydrogen-bond donors (Lipinski definition) is 1. The summed E-state index contributed by atoms with van der Waals surface area (Å²) in [7, 11) is -3.66. The fraction of sp³-hybridized carbons (Fsp3) is 0.423. The summed E-state index contributed by atoms with van der Waals surface area (Å²) in [5.41, 5.74) is 3.71. The number of anilines is 1. The van der Waals surface area contributed by atoms with Crippen LogP contribution in [0.15, 0.2) is 51.8 Å². The van der Waals surface area contributed by atoms with Crippen molar-refractivity contribution in [3.8, 4) is 0 Å². The van der Waals surface area contributed by atoms with Crippen molar-refractivity contribution >= 4 is 21.9 Å². The Morgan fingerprint density at radius 3 is 2.14 bits per heavy atom. The summed E-state index contributed by atoms with van der Waals surface area (Å²) in [5, 5.41) is 10.5. The first-order valence-corrected chi connectivity index (χ1v) is 13.2. The first-order chi connectivity index (χ1) is 16.5. The molecule has 3 aromatic rings. The third-order valence-electron chi connectivity index (χ3n) is 5.51. The lowest BCUT2D eigenvalue weighted by molar-refractivity contribution is 0.102. The number of nitrogens with zero attached hydrogens (tertiary/aromatic N) is 3. The molecule has 1 heterocycles. The van der Waals surface area contributed by atoms with E-state index < -0.39 is 15.9 Å². The summed E-state index contributed by atoms with van der Waals surface area (Å²) in [6, 6.07) is 12.0. The van der Waals surface area contributed by atoms with Crippen molar-refractivity contribution in [2.24, 2.45) is 11.8 Å². The molecule has 1 aromatic heterocycles. The van der Waals surface area contributed by atoms with Gasteiger partial charge in [-0.05, 0) is 66.6 Å². The molecule has 2 aromatic carbocycles. The van der Waals surface area contributed by atoms with Crippen molar-refractivity contribution in [1.82, 2.24) is 14.5 Å². The summed E-state index contributed by atoms with van der Waals surface area (Å²) in [6.45, 7) is 12.9. The highest BCUT2D eigenvalue weighted by atomic mass is 32.2. The molecular weight excluding hydrogens is 464 g/mol. The molecule has 0 bridgehead atoms. The minimum atomic E-state index is -3.66. The average molecular weight is 499 g/mol. The first kappa shape index (κ1) is 26.6. The van der Waals surface area contributed by atoms with Crippen molar-refractivity contribution in [3.63, 3.8) is 0 Å². The maximum absolute atomic E-state index is 13.2. The van der Waals surface area contributed by atoms with Crippen molar-refractivity contribution in [1.29, 1.82) is 0 Å². The van der Waals surface area contributed by atoms with Gasteiger partial charge in [-0.25, -0.2) is 8.42 Å². The molecule has 0 radical (unpaired) electrons. The molecule has 0 aliphatic rings. The molecule has 0 saturated heterocycles. The number of nitrogens with one attached hydrogen (secondary N) is 1. The Kier molecular flexibility index (Phi) is 8.45. The Labute approximate surface area is 207 Å². The van der Waals surface area contributed by atoms with Crippen LogP contribution >= 0.6 is 0 Å². The standard InChI is InChI=1S/C26H34N4O4S/c1-17(2)15-30(16-18(3)4)35(32,33)23-11-9-22(10-12-23)25(31)27-26-29-28-24(34-26)14-21-8-7-19(5)20(6)13-21/h7-13,17-18H,14-16H2,1-6H3,(H,27,29,31). The molecule has 0 spiro atoms. The summed E-state index contributed by atoms with van der Waals surface area (Å²) < 4.78 is 33.4. The number of carbonyl (C=O) groups excluding carboxylic acids is 1. The highest BCUT2D eigenvalue weighted by Gasteiger charge is 2.26. The lowest BCUT2D eigenvalue weighted by atomic mass is 10.0.